The van der Waals surface area contributed by atoms with Crippen molar-refractivity contribution in [3.63, 3.8) is 0 Å². The Morgan fingerprint density at radius 3 is 2.13 bits per heavy atom. The van der Waals surface area contributed by atoms with E-state index in [-0.39, 0.29) is 31.7 Å². The molecule has 1 aromatic heterocycles. The van der Waals surface area contributed by atoms with Gasteiger partial charge in [0.15, 0.2) is 0 Å². The van der Waals surface area contributed by atoms with Crippen LogP contribution in [0.2, 0.25) is 0 Å². The van der Waals surface area contributed by atoms with Crippen LogP contribution in [0.5, 0.6) is 0 Å². The molecule has 2 aliphatic heterocycles. The Hall–Kier alpha value is -4.99. The minimum absolute atomic E-state index is 0.0249. The summed E-state index contributed by atoms with van der Waals surface area (Å²) in [4.78, 5) is 100. The number of aromatic nitrogens is 1. The van der Waals surface area contributed by atoms with Crippen molar-refractivity contribution in [1.82, 2.24) is 36.5 Å². The highest BCUT2D eigenvalue weighted by molar-refractivity contribution is 5.99. The van der Waals surface area contributed by atoms with E-state index < -0.39 is 89.9 Å². The van der Waals surface area contributed by atoms with Crippen LogP contribution in [0.25, 0.3) is 10.9 Å². The predicted molar refractivity (Wildman–Crippen MR) is 197 cm³/mol. The van der Waals surface area contributed by atoms with Crippen molar-refractivity contribution in [3.8, 4) is 0 Å². The number of carbonyl (C=O) groups excluding carboxylic acids is 7. The molecule has 290 valence electrons. The molecule has 2 aliphatic rings. The number of amides is 7. The van der Waals surface area contributed by atoms with E-state index in [4.69, 9.17) is 11.5 Å². The molecule has 2 saturated heterocycles. The maximum Gasteiger partial charge on any atom is 0.245 e. The van der Waals surface area contributed by atoms with E-state index in [9.17, 15) is 33.6 Å². The van der Waals surface area contributed by atoms with E-state index in [1.807, 2.05) is 38.1 Å². The van der Waals surface area contributed by atoms with Crippen LogP contribution >= 0.6 is 0 Å². The quantitative estimate of drug-likeness (QED) is 0.144. The zero-order valence-electron chi connectivity index (χ0n) is 31.0. The molecule has 53 heavy (non-hydrogen) atoms. The van der Waals surface area contributed by atoms with E-state index in [2.05, 4.69) is 31.6 Å². The molecule has 2 fully saturated rings. The molecular weight excluding hydrogens is 682 g/mol. The second-order valence-electron chi connectivity index (χ2n) is 14.8. The number of unbranched alkanes of at least 4 members (excludes halogenated alkanes) is 1. The number of nitrogens with zero attached hydrogens (tertiary/aromatic N) is 1. The third-order valence-electron chi connectivity index (χ3n) is 9.76. The molecule has 2 aromatic rings. The number of benzene rings is 1. The summed E-state index contributed by atoms with van der Waals surface area (Å²) in [5.74, 6) is -5.24. The largest absolute Gasteiger partial charge is 0.370 e. The average Bonchev–Trinajstić information content (AvgIpc) is 3.76. The Kier molecular flexibility index (Phi) is 14.4. The number of nitrogens with one attached hydrogen (secondary N) is 6. The Bertz CT molecular complexity index is 1660. The van der Waals surface area contributed by atoms with E-state index in [1.165, 1.54) is 4.90 Å². The summed E-state index contributed by atoms with van der Waals surface area (Å²) in [7, 11) is 0. The fourth-order valence-electron chi connectivity index (χ4n) is 6.96. The summed E-state index contributed by atoms with van der Waals surface area (Å²) in [6.45, 7) is 7.83. The number of primary amides is 1. The van der Waals surface area contributed by atoms with E-state index in [0.717, 1.165) is 16.5 Å². The first kappa shape index (κ1) is 40.8. The van der Waals surface area contributed by atoms with Gasteiger partial charge in [0.2, 0.25) is 41.4 Å². The minimum Gasteiger partial charge on any atom is -0.370 e. The average molecular weight is 738 g/mol. The van der Waals surface area contributed by atoms with Gasteiger partial charge in [-0.3, -0.25) is 33.6 Å². The fourth-order valence-corrected chi connectivity index (χ4v) is 6.96. The zero-order chi connectivity index (χ0) is 38.8. The lowest BCUT2D eigenvalue weighted by atomic mass is 9.99. The standard InChI is InChI=1S/C37H55N9O7/c1-20(2)16-28-37(53)46-15-9-13-29(46)35(51)45-31(21(3)4)36(52)43-27(18-30(39)47)34(50)41-25(12-7-8-14-38)32(48)42-26(33(49)44-28)17-22-19-40-24-11-6-5-10-23(22)24/h5-6,10-11,19-21,25-29,31,40H,7-9,12-18,38H2,1-4H3,(H2,39,47)(H,41,50)(H,42,48)(H,43,52)(H,44,49)(H,45,51)/t25-,26+,27+,28+,29+,31+/m1/s1. The van der Waals surface area contributed by atoms with Gasteiger partial charge in [-0.15, -0.1) is 0 Å². The lowest BCUT2D eigenvalue weighted by Gasteiger charge is -2.32. The number of nitrogens with two attached hydrogens (primary N) is 2. The van der Waals surface area contributed by atoms with Gasteiger partial charge in [0, 0.05) is 30.1 Å². The SMILES string of the molecule is CC(C)C[C@@H]1NC(=O)[C@H](Cc2c[nH]c3ccccc23)NC(=O)[C@@H](CCCCN)NC(=O)[C@H](CC(N)=O)NC(=O)[C@H](C(C)C)NC(=O)[C@@H]2CCCN2C1=O. The van der Waals surface area contributed by atoms with Gasteiger partial charge in [-0.2, -0.15) is 0 Å². The fraction of sp³-hybridized carbons (Fsp3) is 0.595. The first-order chi connectivity index (χ1) is 25.2. The van der Waals surface area contributed by atoms with Crippen molar-refractivity contribution < 1.29 is 33.6 Å². The molecule has 0 bridgehead atoms. The number of hydrogen-bond acceptors (Lipinski definition) is 8. The minimum atomic E-state index is -1.48. The molecule has 10 N–H and O–H groups in total. The number of carbonyl (C=O) groups is 7. The van der Waals surface area contributed by atoms with Crippen LogP contribution in [0.4, 0.5) is 0 Å². The molecule has 0 aliphatic carbocycles. The van der Waals surface area contributed by atoms with Crippen molar-refractivity contribution in [2.24, 2.45) is 23.3 Å². The van der Waals surface area contributed by atoms with Gasteiger partial charge in [0.25, 0.3) is 0 Å². The van der Waals surface area contributed by atoms with Crippen LogP contribution < -0.4 is 38.1 Å². The van der Waals surface area contributed by atoms with Crippen molar-refractivity contribution in [2.45, 2.75) is 115 Å². The number of hydrogen-bond donors (Lipinski definition) is 8. The number of rotatable bonds is 11. The molecular formula is C37H55N9O7. The molecule has 16 heteroatoms. The Morgan fingerprint density at radius 1 is 0.811 bits per heavy atom. The summed E-state index contributed by atoms with van der Waals surface area (Å²) in [6.07, 6.45) is 3.43. The highest BCUT2D eigenvalue weighted by Crippen LogP contribution is 2.23. The van der Waals surface area contributed by atoms with Gasteiger partial charge in [0.05, 0.1) is 6.42 Å². The second kappa shape index (κ2) is 18.7. The maximum atomic E-state index is 14.3. The molecule has 0 saturated carbocycles. The molecule has 16 nitrogen and oxygen atoms in total. The molecule has 0 radical (unpaired) electrons. The molecule has 7 amide bonds. The van der Waals surface area contributed by atoms with E-state index in [1.54, 1.807) is 20.0 Å². The number of fused-ring (bicyclic) bond motifs is 2. The van der Waals surface area contributed by atoms with E-state index in [0.29, 0.717) is 32.2 Å². The Balaban J connectivity index is 1.78. The molecule has 6 atom stereocenters. The van der Waals surface area contributed by atoms with Crippen LogP contribution in [0, 0.1) is 11.8 Å². The maximum absolute atomic E-state index is 14.3. The van der Waals surface area contributed by atoms with Crippen LogP contribution in [0.1, 0.15) is 78.2 Å². The normalized spacial score (nSPS) is 25.3. The number of H-pyrrole nitrogens is 1. The Morgan fingerprint density at radius 2 is 1.45 bits per heavy atom. The molecule has 3 heterocycles. The van der Waals surface area contributed by atoms with Gasteiger partial charge in [-0.05, 0) is 68.5 Å². The molecule has 4 rings (SSSR count). The Labute approximate surface area is 309 Å². The monoisotopic (exact) mass is 737 g/mol. The zero-order valence-corrected chi connectivity index (χ0v) is 31.0. The summed E-state index contributed by atoms with van der Waals surface area (Å²) in [5, 5.41) is 14.5. The topological polar surface area (TPSA) is 251 Å². The van der Waals surface area contributed by atoms with Crippen LogP contribution in [-0.4, -0.2) is 101 Å². The van der Waals surface area contributed by atoms with Crippen molar-refractivity contribution in [3.05, 3.63) is 36.0 Å². The lowest BCUT2D eigenvalue weighted by molar-refractivity contribution is -0.143. The second-order valence-corrected chi connectivity index (χ2v) is 14.8. The van der Waals surface area contributed by atoms with Crippen molar-refractivity contribution in [2.75, 3.05) is 13.1 Å². The summed E-state index contributed by atoms with van der Waals surface area (Å²) >= 11 is 0. The van der Waals surface area contributed by atoms with Gasteiger partial charge in [-0.1, -0.05) is 45.9 Å². The van der Waals surface area contributed by atoms with Crippen LogP contribution in [-0.2, 0) is 40.0 Å². The van der Waals surface area contributed by atoms with Crippen LogP contribution in [0.3, 0.4) is 0 Å². The third kappa shape index (κ3) is 10.8. The highest BCUT2D eigenvalue weighted by Gasteiger charge is 2.41. The van der Waals surface area contributed by atoms with Gasteiger partial charge >= 0.3 is 0 Å². The number of para-hydroxylation sites is 1. The highest BCUT2D eigenvalue weighted by atomic mass is 16.2. The summed E-state index contributed by atoms with van der Waals surface area (Å²) in [6, 6.07) is 0.561. The van der Waals surface area contributed by atoms with Crippen molar-refractivity contribution in [1.29, 1.82) is 0 Å². The summed E-state index contributed by atoms with van der Waals surface area (Å²) < 4.78 is 0. The van der Waals surface area contributed by atoms with E-state index >= 15 is 0 Å². The number of aromatic amines is 1. The third-order valence-corrected chi connectivity index (χ3v) is 9.76. The summed E-state index contributed by atoms with van der Waals surface area (Å²) in [5.41, 5.74) is 12.8. The van der Waals surface area contributed by atoms with Gasteiger partial charge in [0.1, 0.15) is 36.3 Å². The van der Waals surface area contributed by atoms with Crippen LogP contribution in [0.15, 0.2) is 30.5 Å². The lowest BCUT2D eigenvalue weighted by Crippen LogP contribution is -2.62. The smallest absolute Gasteiger partial charge is 0.245 e. The first-order valence-corrected chi connectivity index (χ1v) is 18.6. The van der Waals surface area contributed by atoms with Gasteiger partial charge in [-0.25, -0.2) is 0 Å². The van der Waals surface area contributed by atoms with Crippen molar-refractivity contribution >= 4 is 52.3 Å². The first-order valence-electron chi connectivity index (χ1n) is 18.6. The molecule has 0 unspecified atom stereocenters. The van der Waals surface area contributed by atoms with Gasteiger partial charge < -0.3 is 47.9 Å². The predicted octanol–water partition coefficient (Wildman–Crippen LogP) is -0.154. The molecule has 1 aromatic carbocycles. The molecule has 0 spiro atoms.